The molecule has 21 heavy (non-hydrogen) atoms. The number of aliphatic hydroxyl groups excluding tert-OH is 1. The van der Waals surface area contributed by atoms with Crippen molar-refractivity contribution in [3.63, 3.8) is 0 Å². The van der Waals surface area contributed by atoms with Crippen molar-refractivity contribution < 1.29 is 5.11 Å². The molecular weight excluding hydrogens is 302 g/mol. The van der Waals surface area contributed by atoms with Crippen LogP contribution in [-0.4, -0.2) is 10.1 Å². The van der Waals surface area contributed by atoms with Gasteiger partial charge in [0.2, 0.25) is 0 Å². The number of thiophene rings is 1. The SMILES string of the molecule is OC(c1ccc2[nH]c3ccccc3c2c1)c1sccc1Cl. The van der Waals surface area contributed by atoms with Crippen LogP contribution < -0.4 is 0 Å². The van der Waals surface area contributed by atoms with Gasteiger partial charge in [-0.2, -0.15) is 0 Å². The molecule has 4 heteroatoms. The smallest absolute Gasteiger partial charge is 0.115 e. The minimum absolute atomic E-state index is 0.617. The van der Waals surface area contributed by atoms with E-state index in [1.165, 1.54) is 16.7 Å². The molecule has 0 aliphatic rings. The van der Waals surface area contributed by atoms with Crippen molar-refractivity contribution in [3.8, 4) is 0 Å². The topological polar surface area (TPSA) is 36.0 Å². The summed E-state index contributed by atoms with van der Waals surface area (Å²) in [5.74, 6) is 0. The Bertz CT molecular complexity index is 940. The first-order chi connectivity index (χ1) is 10.2. The number of rotatable bonds is 2. The molecule has 0 fully saturated rings. The zero-order valence-corrected chi connectivity index (χ0v) is 12.6. The highest BCUT2D eigenvalue weighted by Gasteiger charge is 2.16. The van der Waals surface area contributed by atoms with Crippen LogP contribution in [0.5, 0.6) is 0 Å². The monoisotopic (exact) mass is 313 g/mol. The van der Waals surface area contributed by atoms with E-state index in [0.717, 1.165) is 26.9 Å². The van der Waals surface area contributed by atoms with Crippen LogP contribution in [0.25, 0.3) is 21.8 Å². The second-order valence-corrected chi connectivity index (χ2v) is 6.37. The molecule has 0 aliphatic heterocycles. The molecule has 2 heterocycles. The highest BCUT2D eigenvalue weighted by molar-refractivity contribution is 7.10. The molecular formula is C17H12ClNOS. The van der Waals surface area contributed by atoms with Gasteiger partial charge in [0, 0.05) is 21.8 Å². The van der Waals surface area contributed by atoms with E-state index >= 15 is 0 Å². The Morgan fingerprint density at radius 2 is 1.81 bits per heavy atom. The minimum Gasteiger partial charge on any atom is -0.383 e. The summed E-state index contributed by atoms with van der Waals surface area (Å²) < 4.78 is 0. The van der Waals surface area contributed by atoms with Gasteiger partial charge >= 0.3 is 0 Å². The van der Waals surface area contributed by atoms with Crippen molar-refractivity contribution >= 4 is 44.7 Å². The van der Waals surface area contributed by atoms with Crippen LogP contribution in [0.15, 0.2) is 53.9 Å². The lowest BCUT2D eigenvalue weighted by Crippen LogP contribution is -1.97. The standard InChI is InChI=1S/C17H12ClNOS/c18-13-7-8-21-17(13)16(20)10-5-6-15-12(9-10)11-3-1-2-4-14(11)19-15/h1-9,16,19-20H. The lowest BCUT2D eigenvalue weighted by molar-refractivity contribution is 0.224. The molecule has 104 valence electrons. The third-order valence-electron chi connectivity index (χ3n) is 3.74. The van der Waals surface area contributed by atoms with Gasteiger partial charge in [-0.25, -0.2) is 0 Å². The quantitative estimate of drug-likeness (QED) is 0.529. The molecule has 2 N–H and O–H groups in total. The second-order valence-electron chi connectivity index (χ2n) is 5.01. The second kappa shape index (κ2) is 4.88. The van der Waals surface area contributed by atoms with Crippen molar-refractivity contribution in [1.29, 1.82) is 0 Å². The number of hydrogen-bond acceptors (Lipinski definition) is 2. The Labute approximate surface area is 130 Å². The van der Waals surface area contributed by atoms with Gasteiger partial charge in [-0.1, -0.05) is 35.9 Å². The fraction of sp³-hybridized carbons (Fsp3) is 0.0588. The van der Waals surface area contributed by atoms with Crippen LogP contribution in [-0.2, 0) is 0 Å². The molecule has 0 saturated heterocycles. The Kier molecular flexibility index (Phi) is 3.00. The number of halogens is 1. The van der Waals surface area contributed by atoms with Crippen LogP contribution in [0.1, 0.15) is 16.5 Å². The lowest BCUT2D eigenvalue weighted by atomic mass is 10.0. The number of fused-ring (bicyclic) bond motifs is 3. The molecule has 4 rings (SSSR count). The van der Waals surface area contributed by atoms with E-state index in [-0.39, 0.29) is 0 Å². The summed E-state index contributed by atoms with van der Waals surface area (Å²) in [4.78, 5) is 4.17. The average Bonchev–Trinajstić information content (AvgIpc) is 3.09. The van der Waals surface area contributed by atoms with E-state index in [1.807, 2.05) is 41.8 Å². The first-order valence-corrected chi connectivity index (χ1v) is 7.91. The molecule has 0 aliphatic carbocycles. The van der Waals surface area contributed by atoms with Crippen molar-refractivity contribution in [2.24, 2.45) is 0 Å². The Morgan fingerprint density at radius 3 is 2.62 bits per heavy atom. The van der Waals surface area contributed by atoms with Gasteiger partial charge in [-0.3, -0.25) is 0 Å². The molecule has 0 saturated carbocycles. The van der Waals surface area contributed by atoms with Gasteiger partial charge in [-0.15, -0.1) is 11.3 Å². The fourth-order valence-corrected chi connectivity index (χ4v) is 3.86. The van der Waals surface area contributed by atoms with Gasteiger partial charge in [0.25, 0.3) is 0 Å². The van der Waals surface area contributed by atoms with E-state index < -0.39 is 6.10 Å². The van der Waals surface area contributed by atoms with Crippen LogP contribution in [0.2, 0.25) is 5.02 Å². The van der Waals surface area contributed by atoms with Gasteiger partial charge in [0.15, 0.2) is 0 Å². The number of nitrogens with one attached hydrogen (secondary N) is 1. The number of para-hydroxylation sites is 1. The Morgan fingerprint density at radius 1 is 1.00 bits per heavy atom. The van der Waals surface area contributed by atoms with Gasteiger partial charge in [0.1, 0.15) is 6.10 Å². The van der Waals surface area contributed by atoms with Crippen LogP contribution in [0.4, 0.5) is 0 Å². The summed E-state index contributed by atoms with van der Waals surface area (Å²) in [5, 5.41) is 15.3. The fourth-order valence-electron chi connectivity index (χ4n) is 2.69. The molecule has 0 bridgehead atoms. The number of H-pyrrole nitrogens is 1. The van der Waals surface area contributed by atoms with E-state index in [0.29, 0.717) is 5.02 Å². The van der Waals surface area contributed by atoms with Crippen LogP contribution >= 0.6 is 22.9 Å². The van der Waals surface area contributed by atoms with E-state index in [2.05, 4.69) is 17.1 Å². The van der Waals surface area contributed by atoms with Crippen LogP contribution in [0.3, 0.4) is 0 Å². The Hall–Kier alpha value is -1.81. The van der Waals surface area contributed by atoms with Crippen LogP contribution in [0, 0.1) is 0 Å². The van der Waals surface area contributed by atoms with Crippen molar-refractivity contribution in [2.75, 3.05) is 0 Å². The predicted octanol–water partition coefficient (Wildman–Crippen LogP) is 5.12. The summed E-state index contributed by atoms with van der Waals surface area (Å²) in [6, 6.07) is 16.0. The van der Waals surface area contributed by atoms with Gasteiger partial charge in [0.05, 0.1) is 9.90 Å². The molecule has 2 nitrogen and oxygen atoms in total. The van der Waals surface area contributed by atoms with Crippen molar-refractivity contribution in [1.82, 2.24) is 4.98 Å². The zero-order valence-electron chi connectivity index (χ0n) is 11.0. The highest BCUT2D eigenvalue weighted by atomic mass is 35.5. The van der Waals surface area contributed by atoms with Crippen molar-refractivity contribution in [2.45, 2.75) is 6.10 Å². The summed E-state index contributed by atoms with van der Waals surface area (Å²) in [7, 11) is 0. The first-order valence-electron chi connectivity index (χ1n) is 6.65. The summed E-state index contributed by atoms with van der Waals surface area (Å²) in [5.41, 5.74) is 3.04. The number of benzene rings is 2. The summed E-state index contributed by atoms with van der Waals surface area (Å²) in [6.45, 7) is 0. The normalized spacial score (nSPS) is 13.0. The number of hydrogen-bond donors (Lipinski definition) is 2. The number of aromatic amines is 1. The number of aliphatic hydroxyl groups is 1. The van der Waals surface area contributed by atoms with Crippen molar-refractivity contribution in [3.05, 3.63) is 69.4 Å². The largest absolute Gasteiger partial charge is 0.383 e. The molecule has 4 aromatic rings. The molecule has 2 aromatic carbocycles. The van der Waals surface area contributed by atoms with E-state index in [4.69, 9.17) is 11.6 Å². The number of aromatic nitrogens is 1. The molecule has 0 radical (unpaired) electrons. The predicted molar refractivity (Wildman–Crippen MR) is 89.2 cm³/mol. The maximum Gasteiger partial charge on any atom is 0.115 e. The zero-order chi connectivity index (χ0) is 14.4. The van der Waals surface area contributed by atoms with E-state index in [9.17, 15) is 5.11 Å². The minimum atomic E-state index is -0.685. The third kappa shape index (κ3) is 2.05. The molecule has 0 spiro atoms. The Balaban J connectivity index is 1.90. The third-order valence-corrected chi connectivity index (χ3v) is 5.15. The summed E-state index contributed by atoms with van der Waals surface area (Å²) in [6.07, 6.45) is -0.685. The maximum absolute atomic E-state index is 10.5. The summed E-state index contributed by atoms with van der Waals surface area (Å²) >= 11 is 7.59. The molecule has 0 amide bonds. The molecule has 1 atom stereocenters. The highest BCUT2D eigenvalue weighted by Crippen LogP contribution is 2.35. The molecule has 1 unspecified atom stereocenters. The van der Waals surface area contributed by atoms with E-state index in [1.54, 1.807) is 0 Å². The first kappa shape index (κ1) is 12.9. The lowest BCUT2D eigenvalue weighted by Gasteiger charge is -2.10. The maximum atomic E-state index is 10.5. The van der Waals surface area contributed by atoms with Gasteiger partial charge in [-0.05, 0) is 35.2 Å². The molecule has 2 aromatic heterocycles. The average molecular weight is 314 g/mol. The van der Waals surface area contributed by atoms with Gasteiger partial charge < -0.3 is 10.1 Å².